The molecule has 0 heterocycles. The lowest BCUT2D eigenvalue weighted by Gasteiger charge is -2.22. The lowest BCUT2D eigenvalue weighted by Crippen LogP contribution is -2.50. The number of carbonyl (C=O) groups is 1. The van der Waals surface area contributed by atoms with E-state index >= 15 is 0 Å². The van der Waals surface area contributed by atoms with Crippen LogP contribution in [0.25, 0.3) is 0 Å². The summed E-state index contributed by atoms with van der Waals surface area (Å²) >= 11 is 0. The zero-order chi connectivity index (χ0) is 34.1. The maximum atomic E-state index is 12.5. The summed E-state index contributed by atoms with van der Waals surface area (Å²) in [5.41, 5.74) is 0. The predicted octanol–water partition coefficient (Wildman–Crippen LogP) is 9.99. The number of nitrogens with one attached hydrogen (secondary N) is 1. The number of rotatable bonds is 35. The van der Waals surface area contributed by atoms with E-state index in [0.29, 0.717) is 6.42 Å². The van der Waals surface area contributed by atoms with E-state index < -0.39 is 40.0 Å². The Balaban J connectivity index is 3.95. The summed E-state index contributed by atoms with van der Waals surface area (Å²) in [4.78, 5) is 12.5. The van der Waals surface area contributed by atoms with E-state index in [0.717, 1.165) is 38.5 Å². The van der Waals surface area contributed by atoms with Crippen molar-refractivity contribution in [3.05, 3.63) is 12.2 Å². The van der Waals surface area contributed by atoms with Gasteiger partial charge in [-0.3, -0.25) is 9.35 Å². The predicted molar refractivity (Wildman–Crippen MR) is 195 cm³/mol. The molecular weight excluding hydrogens is 598 g/mol. The Hall–Kier alpha value is -0.960. The molecule has 4 N–H and O–H groups in total. The molecule has 0 fully saturated rings. The molecule has 0 aromatic heterocycles. The third-order valence-corrected chi connectivity index (χ3v) is 9.85. The number of unbranched alkanes of at least 4 members (excludes halogenated alkanes) is 26. The molecule has 0 aliphatic heterocycles. The highest BCUT2D eigenvalue weighted by Crippen LogP contribution is 2.15. The SMILES string of the molecule is CCCCCCCCCCCCCCCCCCCCC/C=C/C(O)C(CS(=O)(=O)O)NC(=O)C(O)CCCCCCCCCC. The topological polar surface area (TPSA) is 124 Å². The molecule has 0 saturated carbocycles. The second-order valence-electron chi connectivity index (χ2n) is 13.7. The fourth-order valence-electron chi connectivity index (χ4n) is 6.04. The van der Waals surface area contributed by atoms with Gasteiger partial charge >= 0.3 is 0 Å². The molecule has 0 bridgehead atoms. The van der Waals surface area contributed by atoms with Crippen LogP contribution in [0.4, 0.5) is 0 Å². The van der Waals surface area contributed by atoms with Crippen LogP contribution in [-0.2, 0) is 14.9 Å². The number of amides is 1. The summed E-state index contributed by atoms with van der Waals surface area (Å²) in [5.74, 6) is -1.53. The van der Waals surface area contributed by atoms with Crippen LogP contribution in [0.5, 0.6) is 0 Å². The van der Waals surface area contributed by atoms with Crippen LogP contribution in [0.1, 0.15) is 200 Å². The Morgan fingerprint density at radius 2 is 0.935 bits per heavy atom. The van der Waals surface area contributed by atoms with E-state index in [2.05, 4.69) is 19.2 Å². The molecule has 0 radical (unpaired) electrons. The van der Waals surface area contributed by atoms with Gasteiger partial charge in [0.2, 0.25) is 5.91 Å². The van der Waals surface area contributed by atoms with Crippen molar-refractivity contribution in [2.24, 2.45) is 0 Å². The highest BCUT2D eigenvalue weighted by molar-refractivity contribution is 7.85. The molecule has 1 amide bonds. The quantitative estimate of drug-likeness (QED) is 0.0302. The molecule has 8 heteroatoms. The third kappa shape index (κ3) is 31.6. The Bertz CT molecular complexity index is 803. The van der Waals surface area contributed by atoms with Gasteiger partial charge in [-0.15, -0.1) is 0 Å². The number of aliphatic hydroxyl groups is 2. The van der Waals surface area contributed by atoms with Gasteiger partial charge in [0.25, 0.3) is 10.1 Å². The molecule has 0 aromatic rings. The number of allylic oxidation sites excluding steroid dienone is 1. The minimum absolute atomic E-state index is 0.282. The van der Waals surface area contributed by atoms with Crippen LogP contribution in [-0.4, -0.2) is 53.1 Å². The first-order chi connectivity index (χ1) is 22.2. The first-order valence-corrected chi connectivity index (χ1v) is 21.1. The third-order valence-electron chi connectivity index (χ3n) is 9.07. The van der Waals surface area contributed by atoms with Crippen molar-refractivity contribution in [3.63, 3.8) is 0 Å². The second-order valence-corrected chi connectivity index (χ2v) is 15.2. The van der Waals surface area contributed by atoms with Crippen molar-refractivity contribution in [1.82, 2.24) is 5.32 Å². The second kappa shape index (κ2) is 32.6. The van der Waals surface area contributed by atoms with Gasteiger partial charge in [-0.1, -0.05) is 193 Å². The van der Waals surface area contributed by atoms with Gasteiger partial charge in [-0.2, -0.15) is 8.42 Å². The van der Waals surface area contributed by atoms with Crippen molar-refractivity contribution in [1.29, 1.82) is 0 Å². The van der Waals surface area contributed by atoms with Crippen LogP contribution in [0.2, 0.25) is 0 Å². The van der Waals surface area contributed by atoms with E-state index in [-0.39, 0.29) is 6.42 Å². The van der Waals surface area contributed by atoms with Crippen LogP contribution >= 0.6 is 0 Å². The smallest absolute Gasteiger partial charge is 0.267 e. The van der Waals surface area contributed by atoms with Gasteiger partial charge in [0.05, 0.1) is 17.9 Å². The van der Waals surface area contributed by atoms with Crippen molar-refractivity contribution >= 4 is 16.0 Å². The highest BCUT2D eigenvalue weighted by Gasteiger charge is 2.27. The van der Waals surface area contributed by atoms with Gasteiger partial charge in [0.1, 0.15) is 6.10 Å². The molecule has 7 nitrogen and oxygen atoms in total. The number of hydrogen-bond acceptors (Lipinski definition) is 5. The number of aliphatic hydroxyl groups excluding tert-OH is 2. The van der Waals surface area contributed by atoms with Crippen molar-refractivity contribution in [2.75, 3.05) is 5.75 Å². The van der Waals surface area contributed by atoms with Gasteiger partial charge < -0.3 is 15.5 Å². The fraction of sp³-hybridized carbons (Fsp3) is 0.921. The summed E-state index contributed by atoms with van der Waals surface area (Å²) in [5, 5.41) is 23.2. The van der Waals surface area contributed by atoms with E-state index in [1.54, 1.807) is 6.08 Å². The molecule has 3 atom stereocenters. The number of carbonyl (C=O) groups excluding carboxylic acids is 1. The lowest BCUT2D eigenvalue weighted by molar-refractivity contribution is -0.130. The fourth-order valence-corrected chi connectivity index (χ4v) is 6.78. The first-order valence-electron chi connectivity index (χ1n) is 19.5. The van der Waals surface area contributed by atoms with Gasteiger partial charge in [-0.25, -0.2) is 0 Å². The average Bonchev–Trinajstić information content (AvgIpc) is 3.01. The average molecular weight is 674 g/mol. The molecule has 46 heavy (non-hydrogen) atoms. The Morgan fingerprint density at radius 1 is 0.587 bits per heavy atom. The summed E-state index contributed by atoms with van der Waals surface area (Å²) < 4.78 is 32.3. The molecule has 0 aliphatic rings. The lowest BCUT2D eigenvalue weighted by atomic mass is 10.0. The van der Waals surface area contributed by atoms with Crippen LogP contribution in [0.15, 0.2) is 12.2 Å². The van der Waals surface area contributed by atoms with E-state index in [1.807, 2.05) is 0 Å². The Morgan fingerprint density at radius 3 is 1.30 bits per heavy atom. The first kappa shape index (κ1) is 45.0. The minimum Gasteiger partial charge on any atom is -0.387 e. The standard InChI is InChI=1S/C38H75NO6S/c1-3-5-7-9-11-13-14-15-16-17-18-19-20-21-22-23-24-25-27-28-30-32-36(40)35(34-46(43,44)45)39-38(42)37(41)33-31-29-26-12-10-8-6-4-2/h30,32,35-37,40-41H,3-29,31,33-34H2,1-2H3,(H,39,42)(H,43,44,45)/b32-30+. The van der Waals surface area contributed by atoms with Crippen LogP contribution in [0, 0.1) is 0 Å². The summed E-state index contributed by atoms with van der Waals surface area (Å²) in [7, 11) is -4.43. The van der Waals surface area contributed by atoms with Crippen LogP contribution in [0.3, 0.4) is 0 Å². The van der Waals surface area contributed by atoms with Gasteiger partial charge in [0.15, 0.2) is 0 Å². The summed E-state index contributed by atoms with van der Waals surface area (Å²) in [6, 6.07) is -1.22. The highest BCUT2D eigenvalue weighted by atomic mass is 32.2. The molecule has 0 spiro atoms. The van der Waals surface area contributed by atoms with Crippen molar-refractivity contribution in [3.8, 4) is 0 Å². The van der Waals surface area contributed by atoms with E-state index in [1.165, 1.54) is 141 Å². The molecule has 0 aliphatic carbocycles. The molecule has 0 aromatic carbocycles. The maximum absolute atomic E-state index is 12.5. The normalized spacial score (nSPS) is 14.1. The van der Waals surface area contributed by atoms with Crippen molar-refractivity contribution < 1.29 is 28.0 Å². The van der Waals surface area contributed by atoms with E-state index in [9.17, 15) is 28.0 Å². The zero-order valence-corrected chi connectivity index (χ0v) is 30.9. The largest absolute Gasteiger partial charge is 0.387 e. The Kier molecular flexibility index (Phi) is 31.9. The summed E-state index contributed by atoms with van der Waals surface area (Å²) in [6.45, 7) is 4.46. The van der Waals surface area contributed by atoms with E-state index in [4.69, 9.17) is 0 Å². The molecule has 0 saturated heterocycles. The number of hydrogen-bond donors (Lipinski definition) is 4. The monoisotopic (exact) mass is 674 g/mol. The molecular formula is C38H75NO6S. The maximum Gasteiger partial charge on any atom is 0.267 e. The summed E-state index contributed by atoms with van der Waals surface area (Å²) in [6.07, 6.45) is 35.8. The zero-order valence-electron chi connectivity index (χ0n) is 30.1. The van der Waals surface area contributed by atoms with Gasteiger partial charge in [0, 0.05) is 0 Å². The minimum atomic E-state index is -4.43. The van der Waals surface area contributed by atoms with Gasteiger partial charge in [-0.05, 0) is 19.3 Å². The van der Waals surface area contributed by atoms with Crippen LogP contribution < -0.4 is 5.32 Å². The molecule has 274 valence electrons. The Labute approximate surface area is 284 Å². The molecule has 0 rings (SSSR count). The van der Waals surface area contributed by atoms with Crippen molar-refractivity contribution in [2.45, 2.75) is 218 Å². The molecule has 3 unspecified atom stereocenters.